The lowest BCUT2D eigenvalue weighted by Gasteiger charge is -2.18. The third-order valence-electron chi connectivity index (χ3n) is 3.26. The number of halogens is 2. The van der Waals surface area contributed by atoms with Crippen LogP contribution in [-0.2, 0) is 10.2 Å². The SMILES string of the molecule is CCOc1ccc(/C=C\c2cccc(C(F)(F)P(=O)(O)O)c2)cc1. The fourth-order valence-corrected chi connectivity index (χ4v) is 2.51. The number of benzene rings is 2. The Hall–Kier alpha value is -2.01. The van der Waals surface area contributed by atoms with Crippen molar-refractivity contribution in [3.05, 3.63) is 65.2 Å². The fourth-order valence-electron chi connectivity index (χ4n) is 2.03. The highest BCUT2D eigenvalue weighted by Gasteiger charge is 2.50. The first-order chi connectivity index (χ1) is 11.2. The first kappa shape index (κ1) is 18.3. The number of hydrogen-bond donors (Lipinski definition) is 2. The van der Waals surface area contributed by atoms with Crippen molar-refractivity contribution in [3.63, 3.8) is 0 Å². The molecule has 0 aliphatic rings. The molecule has 0 aromatic heterocycles. The van der Waals surface area contributed by atoms with Crippen LogP contribution < -0.4 is 4.74 Å². The molecule has 0 spiro atoms. The largest absolute Gasteiger partial charge is 0.494 e. The summed E-state index contributed by atoms with van der Waals surface area (Å²) in [5.41, 5.74) is -3.68. The molecule has 0 radical (unpaired) electrons. The van der Waals surface area contributed by atoms with Crippen LogP contribution in [0.2, 0.25) is 0 Å². The van der Waals surface area contributed by atoms with Gasteiger partial charge in [-0.2, -0.15) is 8.78 Å². The van der Waals surface area contributed by atoms with E-state index >= 15 is 0 Å². The molecule has 2 rings (SSSR count). The number of alkyl halides is 2. The molecule has 24 heavy (non-hydrogen) atoms. The van der Waals surface area contributed by atoms with Crippen molar-refractivity contribution >= 4 is 19.7 Å². The Morgan fingerprint density at radius 1 is 1.08 bits per heavy atom. The Balaban J connectivity index is 2.22. The minimum Gasteiger partial charge on any atom is -0.494 e. The Kier molecular flexibility index (Phi) is 5.54. The van der Waals surface area contributed by atoms with Crippen molar-refractivity contribution in [3.8, 4) is 5.75 Å². The molecule has 2 aromatic rings. The van der Waals surface area contributed by atoms with Gasteiger partial charge in [0.15, 0.2) is 0 Å². The topological polar surface area (TPSA) is 66.8 Å². The molecule has 0 bridgehead atoms. The van der Waals surface area contributed by atoms with Gasteiger partial charge in [-0.1, -0.05) is 42.5 Å². The van der Waals surface area contributed by atoms with E-state index in [1.807, 2.05) is 19.1 Å². The second-order valence-corrected chi connectivity index (χ2v) is 6.70. The summed E-state index contributed by atoms with van der Waals surface area (Å²) in [6.45, 7) is 2.45. The Bertz CT molecular complexity index is 766. The summed E-state index contributed by atoms with van der Waals surface area (Å²) in [5, 5.41) is 0. The number of rotatable bonds is 6. The standard InChI is InChI=1S/C17H17F2O4P/c1-2-23-16-10-8-13(9-11-16)6-7-14-4-3-5-15(12-14)17(18,19)24(20,21)22/h3-12H,2H2,1H3,(H2,20,21,22)/b7-6-. The molecule has 0 aliphatic heterocycles. The van der Waals surface area contributed by atoms with Crippen molar-refractivity contribution in [1.29, 1.82) is 0 Å². The normalized spacial score (nSPS) is 12.5. The average Bonchev–Trinajstić information content (AvgIpc) is 2.54. The van der Waals surface area contributed by atoms with Gasteiger partial charge < -0.3 is 14.5 Å². The van der Waals surface area contributed by atoms with Gasteiger partial charge in [-0.15, -0.1) is 0 Å². The molecule has 4 nitrogen and oxygen atoms in total. The lowest BCUT2D eigenvalue weighted by molar-refractivity contribution is 0.0564. The second-order valence-electron chi connectivity index (χ2n) is 5.05. The van der Waals surface area contributed by atoms with E-state index in [0.717, 1.165) is 23.4 Å². The molecule has 0 saturated carbocycles. The maximum absolute atomic E-state index is 13.7. The van der Waals surface area contributed by atoms with Gasteiger partial charge in [-0.05, 0) is 36.2 Å². The van der Waals surface area contributed by atoms with E-state index in [-0.39, 0.29) is 0 Å². The fraction of sp³-hybridized carbons (Fsp3) is 0.176. The summed E-state index contributed by atoms with van der Waals surface area (Å²) >= 11 is 0. The van der Waals surface area contributed by atoms with E-state index in [1.54, 1.807) is 30.4 Å². The smallest absolute Gasteiger partial charge is 0.399 e. The first-order valence-corrected chi connectivity index (χ1v) is 8.80. The van der Waals surface area contributed by atoms with Crippen LogP contribution in [0.4, 0.5) is 8.78 Å². The van der Waals surface area contributed by atoms with Crippen LogP contribution in [0.5, 0.6) is 5.75 Å². The second kappa shape index (κ2) is 7.26. The minimum atomic E-state index is -5.57. The third-order valence-corrected chi connectivity index (χ3v) is 4.25. The van der Waals surface area contributed by atoms with Crippen molar-refractivity contribution in [2.45, 2.75) is 12.6 Å². The third kappa shape index (κ3) is 4.29. The molecular weight excluding hydrogens is 337 g/mol. The summed E-state index contributed by atoms with van der Waals surface area (Å²) in [6.07, 6.45) is 3.30. The monoisotopic (exact) mass is 354 g/mol. The van der Waals surface area contributed by atoms with E-state index in [4.69, 9.17) is 14.5 Å². The summed E-state index contributed by atoms with van der Waals surface area (Å²) in [5.74, 6) is 0.734. The minimum absolute atomic E-state index is 0.412. The first-order valence-electron chi connectivity index (χ1n) is 7.19. The van der Waals surface area contributed by atoms with E-state index in [1.165, 1.54) is 6.07 Å². The number of ether oxygens (including phenoxy) is 1. The molecular formula is C17H17F2O4P. The lowest BCUT2D eigenvalue weighted by atomic mass is 10.1. The molecule has 0 aliphatic carbocycles. The van der Waals surface area contributed by atoms with Gasteiger partial charge in [0.25, 0.3) is 0 Å². The molecule has 0 saturated heterocycles. The maximum Gasteiger partial charge on any atom is 0.399 e. The van der Waals surface area contributed by atoms with Crippen LogP contribution in [-0.4, -0.2) is 16.4 Å². The molecule has 0 heterocycles. The van der Waals surface area contributed by atoms with E-state index < -0.39 is 18.8 Å². The molecule has 2 N–H and O–H groups in total. The van der Waals surface area contributed by atoms with E-state index in [2.05, 4.69) is 0 Å². The highest BCUT2D eigenvalue weighted by molar-refractivity contribution is 7.52. The predicted octanol–water partition coefficient (Wildman–Crippen LogP) is 4.48. The predicted molar refractivity (Wildman–Crippen MR) is 88.9 cm³/mol. The van der Waals surface area contributed by atoms with Crippen molar-refractivity contribution in [1.82, 2.24) is 0 Å². The van der Waals surface area contributed by atoms with Gasteiger partial charge in [0.1, 0.15) is 5.75 Å². The van der Waals surface area contributed by atoms with Crippen molar-refractivity contribution in [2.24, 2.45) is 0 Å². The highest BCUT2D eigenvalue weighted by Crippen LogP contribution is 2.59. The van der Waals surface area contributed by atoms with Gasteiger partial charge in [0.05, 0.1) is 6.61 Å². The molecule has 2 aromatic carbocycles. The quantitative estimate of drug-likeness (QED) is 0.593. The molecule has 7 heteroatoms. The zero-order chi connectivity index (χ0) is 17.8. The molecule has 0 amide bonds. The van der Waals surface area contributed by atoms with Crippen LogP contribution in [0.3, 0.4) is 0 Å². The van der Waals surface area contributed by atoms with Crippen molar-refractivity contribution < 1.29 is 27.9 Å². The van der Waals surface area contributed by atoms with E-state index in [0.29, 0.717) is 12.2 Å². The maximum atomic E-state index is 13.7. The Morgan fingerprint density at radius 2 is 1.71 bits per heavy atom. The Labute approximate surface area is 138 Å². The molecule has 0 unspecified atom stereocenters. The molecule has 0 atom stereocenters. The van der Waals surface area contributed by atoms with Gasteiger partial charge in [0.2, 0.25) is 0 Å². The van der Waals surface area contributed by atoms with Gasteiger partial charge in [-0.3, -0.25) is 4.57 Å². The van der Waals surface area contributed by atoms with Gasteiger partial charge in [-0.25, -0.2) is 0 Å². The molecule has 0 fully saturated rings. The Morgan fingerprint density at radius 3 is 2.29 bits per heavy atom. The molecule has 128 valence electrons. The van der Waals surface area contributed by atoms with Gasteiger partial charge in [0, 0.05) is 5.56 Å². The summed E-state index contributed by atoms with van der Waals surface area (Å²) in [6, 6.07) is 12.2. The zero-order valence-electron chi connectivity index (χ0n) is 12.9. The summed E-state index contributed by atoms with van der Waals surface area (Å²) in [4.78, 5) is 17.6. The van der Waals surface area contributed by atoms with Gasteiger partial charge >= 0.3 is 13.3 Å². The van der Waals surface area contributed by atoms with Crippen LogP contribution in [0.15, 0.2) is 48.5 Å². The zero-order valence-corrected chi connectivity index (χ0v) is 13.8. The number of hydrogen-bond acceptors (Lipinski definition) is 2. The van der Waals surface area contributed by atoms with Crippen LogP contribution in [0, 0.1) is 0 Å². The van der Waals surface area contributed by atoms with Crippen molar-refractivity contribution in [2.75, 3.05) is 6.61 Å². The van der Waals surface area contributed by atoms with Crippen LogP contribution >= 0.6 is 7.60 Å². The van der Waals surface area contributed by atoms with E-state index in [9.17, 15) is 13.3 Å². The summed E-state index contributed by atoms with van der Waals surface area (Å²) in [7, 11) is -5.57. The summed E-state index contributed by atoms with van der Waals surface area (Å²) < 4.78 is 43.7. The highest BCUT2D eigenvalue weighted by atomic mass is 31.2. The van der Waals surface area contributed by atoms with Crippen LogP contribution in [0.25, 0.3) is 12.2 Å². The lowest BCUT2D eigenvalue weighted by Crippen LogP contribution is -2.13. The van der Waals surface area contributed by atoms with Crippen LogP contribution in [0.1, 0.15) is 23.6 Å². The average molecular weight is 354 g/mol.